The van der Waals surface area contributed by atoms with Gasteiger partial charge in [0, 0.05) is 18.6 Å². The third kappa shape index (κ3) is 5.14. The molecule has 0 N–H and O–H groups in total. The smallest absolute Gasteiger partial charge is 0.363 e. The van der Waals surface area contributed by atoms with Crippen LogP contribution in [0.4, 0.5) is 5.69 Å². The zero-order valence-corrected chi connectivity index (χ0v) is 19.2. The van der Waals surface area contributed by atoms with Crippen LogP contribution in [0.3, 0.4) is 0 Å². The molecule has 9 nitrogen and oxygen atoms in total. The van der Waals surface area contributed by atoms with E-state index < -0.39 is 16.9 Å². The van der Waals surface area contributed by atoms with Crippen molar-refractivity contribution < 1.29 is 28.7 Å². The number of nitrogens with zero attached hydrogens (tertiary/aromatic N) is 2. The minimum atomic E-state index is -0.754. The minimum absolute atomic E-state index is 0.0488. The number of cyclic esters (lactones) is 1. The number of esters is 2. The molecule has 1 heterocycles. The first-order valence-electron chi connectivity index (χ1n) is 9.28. The highest BCUT2D eigenvalue weighted by molar-refractivity contribution is 9.10. The zero-order valence-electron chi connectivity index (χ0n) is 16.9. The van der Waals surface area contributed by atoms with Crippen LogP contribution in [0.1, 0.15) is 30.9 Å². The van der Waals surface area contributed by atoms with Gasteiger partial charge in [-0.05, 0) is 52.2 Å². The first-order chi connectivity index (χ1) is 15.2. The van der Waals surface area contributed by atoms with E-state index >= 15 is 0 Å². The first kappa shape index (κ1) is 23.4. The Morgan fingerprint density at radius 2 is 2.09 bits per heavy atom. The Labute approximate surface area is 195 Å². The minimum Gasteiger partial charge on any atom is -0.493 e. The van der Waals surface area contributed by atoms with Gasteiger partial charge in [-0.25, -0.2) is 9.79 Å². The van der Waals surface area contributed by atoms with Crippen molar-refractivity contribution in [3.63, 3.8) is 0 Å². The van der Waals surface area contributed by atoms with E-state index in [1.165, 1.54) is 31.4 Å². The molecule has 0 radical (unpaired) electrons. The monoisotopic (exact) mass is 522 g/mol. The molecule has 2 aromatic carbocycles. The van der Waals surface area contributed by atoms with Crippen molar-refractivity contribution in [1.29, 1.82) is 0 Å². The Morgan fingerprint density at radius 3 is 2.75 bits per heavy atom. The summed E-state index contributed by atoms with van der Waals surface area (Å²) in [6.07, 6.45) is 2.33. The zero-order chi connectivity index (χ0) is 23.4. The Kier molecular flexibility index (Phi) is 7.26. The number of carbonyl (C=O) groups excluding carboxylic acids is 2. The van der Waals surface area contributed by atoms with E-state index in [0.717, 1.165) is 0 Å². The molecule has 0 aliphatic carbocycles. The van der Waals surface area contributed by atoms with Gasteiger partial charge in [-0.15, -0.1) is 0 Å². The fourth-order valence-electron chi connectivity index (χ4n) is 2.76. The lowest BCUT2D eigenvalue weighted by Gasteiger charge is -2.12. The second kappa shape index (κ2) is 9.92. The molecule has 0 unspecified atom stereocenters. The summed E-state index contributed by atoms with van der Waals surface area (Å²) in [6.45, 7) is 1.86. The van der Waals surface area contributed by atoms with Gasteiger partial charge >= 0.3 is 11.9 Å². The summed E-state index contributed by atoms with van der Waals surface area (Å²) < 4.78 is 16.3. The van der Waals surface area contributed by atoms with E-state index in [2.05, 4.69) is 20.9 Å². The predicted molar refractivity (Wildman–Crippen MR) is 120 cm³/mol. The summed E-state index contributed by atoms with van der Waals surface area (Å²) in [5.74, 6) is -0.815. The number of halogens is 2. The van der Waals surface area contributed by atoms with E-state index in [1.54, 1.807) is 12.1 Å². The van der Waals surface area contributed by atoms with Crippen molar-refractivity contribution in [2.24, 2.45) is 4.99 Å². The molecule has 0 saturated heterocycles. The number of nitro groups is 1. The molecule has 0 spiro atoms. The van der Waals surface area contributed by atoms with Crippen molar-refractivity contribution in [3.05, 3.63) is 66.8 Å². The fraction of sp³-hybridized carbons (Fsp3) is 0.190. The first-order valence-corrected chi connectivity index (χ1v) is 10.5. The molecule has 0 aromatic heterocycles. The molecule has 11 heteroatoms. The Morgan fingerprint density at radius 1 is 1.34 bits per heavy atom. The van der Waals surface area contributed by atoms with Crippen LogP contribution >= 0.6 is 27.5 Å². The van der Waals surface area contributed by atoms with E-state index in [-0.39, 0.29) is 45.8 Å². The summed E-state index contributed by atoms with van der Waals surface area (Å²) in [4.78, 5) is 38.8. The van der Waals surface area contributed by atoms with E-state index in [1.807, 2.05) is 6.92 Å². The Balaban J connectivity index is 1.96. The highest BCUT2D eigenvalue weighted by Gasteiger charge is 2.27. The maximum absolute atomic E-state index is 12.3. The van der Waals surface area contributed by atoms with Gasteiger partial charge in [0.05, 0.1) is 27.1 Å². The highest BCUT2D eigenvalue weighted by atomic mass is 79.9. The number of rotatable bonds is 7. The number of non-ortho nitro benzene ring substituents is 1. The van der Waals surface area contributed by atoms with Crippen LogP contribution in [-0.4, -0.2) is 29.9 Å². The maximum atomic E-state index is 12.3. The van der Waals surface area contributed by atoms with Crippen molar-refractivity contribution in [2.75, 3.05) is 7.11 Å². The quantitative estimate of drug-likeness (QED) is 0.163. The number of hydrogen-bond donors (Lipinski definition) is 0. The number of ether oxygens (including phenoxy) is 3. The van der Waals surface area contributed by atoms with Crippen LogP contribution in [-0.2, 0) is 14.3 Å². The summed E-state index contributed by atoms with van der Waals surface area (Å²) in [7, 11) is 1.42. The lowest BCUT2D eigenvalue weighted by Crippen LogP contribution is -2.08. The van der Waals surface area contributed by atoms with Crippen LogP contribution in [0.5, 0.6) is 11.5 Å². The average molecular weight is 524 g/mol. The number of benzene rings is 2. The van der Waals surface area contributed by atoms with Gasteiger partial charge in [0.15, 0.2) is 17.2 Å². The van der Waals surface area contributed by atoms with Crippen molar-refractivity contribution in [2.45, 2.75) is 19.8 Å². The second-order valence-electron chi connectivity index (χ2n) is 6.52. The second-order valence-corrected chi connectivity index (χ2v) is 7.78. The molecule has 166 valence electrons. The molecule has 2 aromatic rings. The molecule has 0 bridgehead atoms. The largest absolute Gasteiger partial charge is 0.493 e. The molecule has 1 aliphatic rings. The molecule has 0 saturated carbocycles. The topological polar surface area (TPSA) is 117 Å². The number of hydrogen-bond acceptors (Lipinski definition) is 8. The third-order valence-corrected chi connectivity index (χ3v) is 5.16. The molecular weight excluding hydrogens is 508 g/mol. The molecule has 0 amide bonds. The fourth-order valence-corrected chi connectivity index (χ4v) is 3.50. The van der Waals surface area contributed by atoms with Gasteiger partial charge in [-0.2, -0.15) is 0 Å². The van der Waals surface area contributed by atoms with E-state index in [0.29, 0.717) is 16.5 Å². The normalized spacial score (nSPS) is 14.2. The number of methoxy groups -OCH3 is 1. The molecule has 0 atom stereocenters. The molecular formula is C21H16BrClN2O7. The summed E-state index contributed by atoms with van der Waals surface area (Å²) in [5.41, 5.74) is 0.357. The van der Waals surface area contributed by atoms with Crippen LogP contribution in [0.25, 0.3) is 6.08 Å². The van der Waals surface area contributed by atoms with Gasteiger partial charge in [-0.1, -0.05) is 18.5 Å². The molecule has 0 fully saturated rings. The van der Waals surface area contributed by atoms with Gasteiger partial charge in [0.1, 0.15) is 0 Å². The van der Waals surface area contributed by atoms with Crippen LogP contribution in [0.15, 0.2) is 45.5 Å². The van der Waals surface area contributed by atoms with Crippen LogP contribution < -0.4 is 9.47 Å². The number of aliphatic imine (C=N–C) groups is 1. The van der Waals surface area contributed by atoms with E-state index in [9.17, 15) is 19.7 Å². The van der Waals surface area contributed by atoms with Gasteiger partial charge < -0.3 is 14.2 Å². The van der Waals surface area contributed by atoms with Crippen molar-refractivity contribution in [3.8, 4) is 11.5 Å². The summed E-state index contributed by atoms with van der Waals surface area (Å²) in [6, 6.07) is 6.92. The third-order valence-electron chi connectivity index (χ3n) is 4.24. The lowest BCUT2D eigenvalue weighted by atomic mass is 10.1. The van der Waals surface area contributed by atoms with E-state index in [4.69, 9.17) is 25.8 Å². The van der Waals surface area contributed by atoms with Gasteiger partial charge in [-0.3, -0.25) is 14.9 Å². The summed E-state index contributed by atoms with van der Waals surface area (Å²) in [5, 5.41) is 11.2. The number of carbonyl (C=O) groups is 2. The summed E-state index contributed by atoms with van der Waals surface area (Å²) >= 11 is 9.44. The maximum Gasteiger partial charge on any atom is 0.363 e. The molecule has 1 aliphatic heterocycles. The predicted octanol–water partition coefficient (Wildman–Crippen LogP) is 5.07. The number of nitro benzene ring substituents is 1. The SMILES string of the molecule is CCCC(=O)Oc1c(Br)cc(/C=C2\N=C(c3cc([N+](=O)[O-])ccc3Cl)OC2=O)cc1OC. The Bertz CT molecular complexity index is 1180. The average Bonchev–Trinajstić information content (AvgIpc) is 3.10. The van der Waals surface area contributed by atoms with Crippen molar-refractivity contribution >= 4 is 57.1 Å². The van der Waals surface area contributed by atoms with Crippen LogP contribution in [0, 0.1) is 10.1 Å². The Hall–Kier alpha value is -3.24. The highest BCUT2D eigenvalue weighted by Crippen LogP contribution is 2.38. The molecule has 32 heavy (non-hydrogen) atoms. The van der Waals surface area contributed by atoms with Crippen LogP contribution in [0.2, 0.25) is 5.02 Å². The molecule has 3 rings (SSSR count). The van der Waals surface area contributed by atoms with Crippen molar-refractivity contribution in [1.82, 2.24) is 0 Å². The van der Waals surface area contributed by atoms with Gasteiger partial charge in [0.25, 0.3) is 5.69 Å². The standard InChI is InChI=1S/C21H16BrClN2O7/c1-3-4-18(26)31-19-14(22)7-11(9-17(19)30-2)8-16-21(27)32-20(24-16)13-10-12(25(28)29)5-6-15(13)23/h5-10H,3-4H2,1-2H3/b16-8-. The van der Waals surface area contributed by atoms with Gasteiger partial charge in [0.2, 0.25) is 5.90 Å². The lowest BCUT2D eigenvalue weighted by molar-refractivity contribution is -0.384.